The van der Waals surface area contributed by atoms with Crippen molar-refractivity contribution in [3.63, 3.8) is 0 Å². The highest BCUT2D eigenvalue weighted by Crippen LogP contribution is 2.34. The van der Waals surface area contributed by atoms with Crippen LogP contribution in [-0.4, -0.2) is 33.3 Å². The van der Waals surface area contributed by atoms with Gasteiger partial charge >= 0.3 is 0 Å². The summed E-state index contributed by atoms with van der Waals surface area (Å²) in [6.45, 7) is 0.545. The number of methoxy groups -OCH3 is 1. The van der Waals surface area contributed by atoms with Gasteiger partial charge in [0.15, 0.2) is 0 Å². The van der Waals surface area contributed by atoms with Crippen LogP contribution in [0.3, 0.4) is 0 Å². The molecule has 2 heterocycles. The minimum absolute atomic E-state index is 0.423. The van der Waals surface area contributed by atoms with Gasteiger partial charge < -0.3 is 14.6 Å². The lowest BCUT2D eigenvalue weighted by atomic mass is 9.94. The van der Waals surface area contributed by atoms with E-state index < -0.39 is 0 Å². The smallest absolute Gasteiger partial charge is 0.240 e. The van der Waals surface area contributed by atoms with Gasteiger partial charge in [-0.15, -0.1) is 0 Å². The molecule has 1 aromatic carbocycles. The van der Waals surface area contributed by atoms with Gasteiger partial charge in [-0.3, -0.25) is 0 Å². The van der Waals surface area contributed by atoms with Crippen LogP contribution in [0.4, 0.5) is 0 Å². The van der Waals surface area contributed by atoms with Crippen molar-refractivity contribution in [2.24, 2.45) is 0 Å². The molecule has 1 aliphatic rings. The fourth-order valence-corrected chi connectivity index (χ4v) is 3.53. The zero-order chi connectivity index (χ0) is 17.8. The summed E-state index contributed by atoms with van der Waals surface area (Å²) in [6.07, 6.45) is 5.01. The van der Waals surface area contributed by atoms with E-state index in [4.69, 9.17) is 9.26 Å². The number of hydrogen-bond donors (Lipinski definition) is 1. The fourth-order valence-electron chi connectivity index (χ4n) is 3.53. The second-order valence-electron chi connectivity index (χ2n) is 6.39. The summed E-state index contributed by atoms with van der Waals surface area (Å²) in [5.41, 5.74) is 1.97. The number of rotatable bonds is 6. The van der Waals surface area contributed by atoms with E-state index in [1.165, 1.54) is 24.7 Å². The Morgan fingerprint density at radius 2 is 2.08 bits per heavy atom. The van der Waals surface area contributed by atoms with Crippen molar-refractivity contribution in [3.8, 4) is 17.4 Å². The first kappa shape index (κ1) is 16.7. The number of benzene rings is 1. The van der Waals surface area contributed by atoms with Crippen LogP contribution in [0.5, 0.6) is 5.88 Å². The monoisotopic (exact) mass is 351 g/mol. The Hall–Kier alpha value is -2.80. The van der Waals surface area contributed by atoms with Gasteiger partial charge in [-0.05, 0) is 24.3 Å². The Labute approximate surface area is 151 Å². The van der Waals surface area contributed by atoms with Crippen molar-refractivity contribution in [2.75, 3.05) is 7.11 Å². The molecule has 4 rings (SSSR count). The Kier molecular flexibility index (Phi) is 4.88. The first-order valence-corrected chi connectivity index (χ1v) is 8.81. The van der Waals surface area contributed by atoms with Crippen molar-refractivity contribution in [2.45, 2.75) is 37.8 Å². The van der Waals surface area contributed by atoms with Gasteiger partial charge in [0.25, 0.3) is 0 Å². The van der Waals surface area contributed by atoms with Crippen molar-refractivity contribution in [3.05, 3.63) is 54.2 Å². The van der Waals surface area contributed by atoms with Gasteiger partial charge in [0.2, 0.25) is 17.6 Å². The third kappa shape index (κ3) is 3.57. The van der Waals surface area contributed by atoms with Gasteiger partial charge in [-0.1, -0.05) is 41.9 Å². The molecule has 134 valence electrons. The van der Waals surface area contributed by atoms with Gasteiger partial charge in [0, 0.05) is 12.1 Å². The lowest BCUT2D eigenvalue weighted by Crippen LogP contribution is -2.30. The molecule has 0 saturated heterocycles. The standard InChI is InChI=1S/C19H21N5O2/c1-25-17-10-16(21-12-22-17)19-23-18(26-24-19)11-20-15-9-5-8-14(15)13-6-3-2-4-7-13/h2-4,6-7,10,12,14-15,20H,5,8-9,11H2,1H3/t14-,15-/m1/s1. The number of hydrogen-bond acceptors (Lipinski definition) is 7. The summed E-state index contributed by atoms with van der Waals surface area (Å²) in [5.74, 6) is 1.99. The van der Waals surface area contributed by atoms with Crippen LogP contribution in [0.1, 0.15) is 36.6 Å². The lowest BCUT2D eigenvalue weighted by molar-refractivity contribution is 0.352. The molecule has 0 radical (unpaired) electrons. The van der Waals surface area contributed by atoms with Crippen molar-refractivity contribution < 1.29 is 9.26 Å². The van der Waals surface area contributed by atoms with Crippen LogP contribution in [0.25, 0.3) is 11.5 Å². The maximum Gasteiger partial charge on any atom is 0.240 e. The summed E-state index contributed by atoms with van der Waals surface area (Å²) >= 11 is 0. The molecule has 0 aliphatic heterocycles. The molecule has 3 aromatic rings. The Bertz CT molecular complexity index is 852. The molecular weight excluding hydrogens is 330 g/mol. The fraction of sp³-hybridized carbons (Fsp3) is 0.368. The van der Waals surface area contributed by atoms with Crippen LogP contribution in [0.2, 0.25) is 0 Å². The largest absolute Gasteiger partial charge is 0.481 e. The quantitative estimate of drug-likeness (QED) is 0.730. The summed E-state index contributed by atoms with van der Waals surface area (Å²) in [4.78, 5) is 12.6. The number of nitrogens with one attached hydrogen (secondary N) is 1. The molecule has 0 unspecified atom stereocenters. The van der Waals surface area contributed by atoms with Crippen LogP contribution in [0.15, 0.2) is 47.2 Å². The van der Waals surface area contributed by atoms with Crippen LogP contribution >= 0.6 is 0 Å². The molecule has 2 aromatic heterocycles. The second-order valence-corrected chi connectivity index (χ2v) is 6.39. The molecule has 0 amide bonds. The molecule has 7 heteroatoms. The van der Waals surface area contributed by atoms with E-state index in [-0.39, 0.29) is 0 Å². The van der Waals surface area contributed by atoms with E-state index in [1.54, 1.807) is 13.2 Å². The highest BCUT2D eigenvalue weighted by Gasteiger charge is 2.28. The third-order valence-corrected chi connectivity index (χ3v) is 4.81. The average molecular weight is 351 g/mol. The number of aromatic nitrogens is 4. The van der Waals surface area contributed by atoms with Crippen molar-refractivity contribution in [1.82, 2.24) is 25.4 Å². The van der Waals surface area contributed by atoms with Gasteiger partial charge in [-0.2, -0.15) is 4.98 Å². The van der Waals surface area contributed by atoms with E-state index in [2.05, 4.69) is 55.8 Å². The average Bonchev–Trinajstić information content (AvgIpc) is 3.36. The molecule has 2 atom stereocenters. The molecule has 1 aliphatic carbocycles. The van der Waals surface area contributed by atoms with Gasteiger partial charge in [0.05, 0.1) is 13.7 Å². The van der Waals surface area contributed by atoms with E-state index in [1.807, 2.05) is 0 Å². The molecule has 0 bridgehead atoms. The third-order valence-electron chi connectivity index (χ3n) is 4.81. The predicted molar refractivity (Wildman–Crippen MR) is 95.5 cm³/mol. The minimum atomic E-state index is 0.423. The maximum absolute atomic E-state index is 5.37. The lowest BCUT2D eigenvalue weighted by Gasteiger charge is -2.20. The number of ether oxygens (including phenoxy) is 1. The predicted octanol–water partition coefficient (Wildman–Crippen LogP) is 2.96. The first-order valence-electron chi connectivity index (χ1n) is 8.81. The van der Waals surface area contributed by atoms with Crippen molar-refractivity contribution in [1.29, 1.82) is 0 Å². The van der Waals surface area contributed by atoms with E-state index in [9.17, 15) is 0 Å². The zero-order valence-electron chi connectivity index (χ0n) is 14.6. The first-order chi connectivity index (χ1) is 12.8. The van der Waals surface area contributed by atoms with E-state index >= 15 is 0 Å². The Morgan fingerprint density at radius 3 is 2.92 bits per heavy atom. The molecule has 1 fully saturated rings. The topological polar surface area (TPSA) is 86.0 Å². The minimum Gasteiger partial charge on any atom is -0.481 e. The van der Waals surface area contributed by atoms with E-state index in [0.717, 1.165) is 6.42 Å². The van der Waals surface area contributed by atoms with E-state index in [0.29, 0.717) is 41.8 Å². The molecule has 1 saturated carbocycles. The zero-order valence-corrected chi connectivity index (χ0v) is 14.6. The second kappa shape index (κ2) is 7.61. The maximum atomic E-state index is 5.37. The normalized spacial score (nSPS) is 19.6. The molecule has 7 nitrogen and oxygen atoms in total. The highest BCUT2D eigenvalue weighted by molar-refractivity contribution is 5.49. The molecule has 1 N–H and O–H groups in total. The van der Waals surface area contributed by atoms with Gasteiger partial charge in [-0.25, -0.2) is 9.97 Å². The SMILES string of the molecule is COc1cc(-c2noc(CN[C@@H]3CCC[C@@H]3c3ccccc3)n2)ncn1. The molecule has 26 heavy (non-hydrogen) atoms. The van der Waals surface area contributed by atoms with Crippen LogP contribution in [-0.2, 0) is 6.54 Å². The Morgan fingerprint density at radius 1 is 1.19 bits per heavy atom. The Balaban J connectivity index is 1.41. The highest BCUT2D eigenvalue weighted by atomic mass is 16.5. The summed E-state index contributed by atoms with van der Waals surface area (Å²) in [7, 11) is 1.56. The van der Waals surface area contributed by atoms with Crippen molar-refractivity contribution >= 4 is 0 Å². The van der Waals surface area contributed by atoms with Crippen LogP contribution < -0.4 is 10.1 Å². The van der Waals surface area contributed by atoms with Crippen LogP contribution in [0, 0.1) is 0 Å². The molecular formula is C19H21N5O2. The summed E-state index contributed by atoms with van der Waals surface area (Å²) in [5, 5.41) is 7.59. The summed E-state index contributed by atoms with van der Waals surface area (Å²) < 4.78 is 10.5. The van der Waals surface area contributed by atoms with Gasteiger partial charge in [0.1, 0.15) is 12.0 Å². The number of nitrogens with zero attached hydrogens (tertiary/aromatic N) is 4. The molecule has 0 spiro atoms. The summed E-state index contributed by atoms with van der Waals surface area (Å²) in [6, 6.07) is 12.8.